The van der Waals surface area contributed by atoms with Crippen molar-refractivity contribution in [2.45, 2.75) is 6.92 Å². The molecule has 0 radical (unpaired) electrons. The van der Waals surface area contributed by atoms with Crippen molar-refractivity contribution < 1.29 is 14.3 Å². The molecule has 0 bridgehead atoms. The highest BCUT2D eigenvalue weighted by Crippen LogP contribution is 2.31. The van der Waals surface area contributed by atoms with E-state index in [-0.39, 0.29) is 5.91 Å². The van der Waals surface area contributed by atoms with Crippen LogP contribution in [0, 0.1) is 6.92 Å². The van der Waals surface area contributed by atoms with Gasteiger partial charge in [-0.05, 0) is 55.5 Å². The van der Waals surface area contributed by atoms with Crippen LogP contribution in [0.25, 0.3) is 11.3 Å². The molecule has 0 saturated carbocycles. The summed E-state index contributed by atoms with van der Waals surface area (Å²) in [5.74, 6) is 1.77. The summed E-state index contributed by atoms with van der Waals surface area (Å²) >= 11 is 1.61. The third kappa shape index (κ3) is 4.50. The molecule has 0 atom stereocenters. The van der Waals surface area contributed by atoms with E-state index in [1.165, 1.54) is 0 Å². The molecule has 0 aliphatic heterocycles. The second kappa shape index (κ2) is 8.80. The second-order valence-electron chi connectivity index (χ2n) is 6.56. The van der Waals surface area contributed by atoms with Gasteiger partial charge in [0, 0.05) is 22.2 Å². The lowest BCUT2D eigenvalue weighted by atomic mass is 10.1. The Morgan fingerprint density at radius 3 is 2.27 bits per heavy atom. The Kier molecular flexibility index (Phi) is 5.77. The van der Waals surface area contributed by atoms with E-state index < -0.39 is 0 Å². The number of nitrogens with zero attached hydrogens (tertiary/aromatic N) is 1. The molecule has 0 unspecified atom stereocenters. The molecule has 6 heteroatoms. The quantitative estimate of drug-likeness (QED) is 0.408. The van der Waals surface area contributed by atoms with Crippen LogP contribution in [-0.2, 0) is 0 Å². The standard InChI is InChI=1S/C24H20N2O3S/c1-16-25-21(15-30-16)17-7-9-18(10-8-17)24(27)26-19-11-13-20(14-12-19)29-23-6-4-3-5-22(23)28-2/h3-15H,1-2H3,(H,26,27). The van der Waals surface area contributed by atoms with Crippen molar-refractivity contribution in [2.75, 3.05) is 12.4 Å². The molecule has 1 amide bonds. The summed E-state index contributed by atoms with van der Waals surface area (Å²) in [6.07, 6.45) is 0. The van der Waals surface area contributed by atoms with Gasteiger partial charge in [-0.1, -0.05) is 24.3 Å². The molecule has 30 heavy (non-hydrogen) atoms. The number of rotatable bonds is 6. The number of ether oxygens (including phenoxy) is 2. The zero-order valence-electron chi connectivity index (χ0n) is 16.6. The minimum Gasteiger partial charge on any atom is -0.493 e. The smallest absolute Gasteiger partial charge is 0.255 e. The first kappa shape index (κ1) is 19.7. The normalized spacial score (nSPS) is 10.5. The Morgan fingerprint density at radius 2 is 1.63 bits per heavy atom. The molecule has 0 fully saturated rings. The SMILES string of the molecule is COc1ccccc1Oc1ccc(NC(=O)c2ccc(-c3csc(C)n3)cc2)cc1. The predicted molar refractivity (Wildman–Crippen MR) is 120 cm³/mol. The highest BCUT2D eigenvalue weighted by Gasteiger charge is 2.09. The second-order valence-corrected chi connectivity index (χ2v) is 7.62. The summed E-state index contributed by atoms with van der Waals surface area (Å²) in [5.41, 5.74) is 3.19. The number of hydrogen-bond donors (Lipinski definition) is 1. The minimum atomic E-state index is -0.172. The van der Waals surface area contributed by atoms with Crippen LogP contribution < -0.4 is 14.8 Å². The van der Waals surface area contributed by atoms with Crippen molar-refractivity contribution in [1.82, 2.24) is 4.98 Å². The molecule has 4 aromatic rings. The van der Waals surface area contributed by atoms with Gasteiger partial charge in [0.1, 0.15) is 5.75 Å². The van der Waals surface area contributed by atoms with Gasteiger partial charge < -0.3 is 14.8 Å². The van der Waals surface area contributed by atoms with Gasteiger partial charge in [0.25, 0.3) is 5.91 Å². The van der Waals surface area contributed by atoms with E-state index in [0.717, 1.165) is 16.3 Å². The van der Waals surface area contributed by atoms with Crippen molar-refractivity contribution in [3.63, 3.8) is 0 Å². The van der Waals surface area contributed by atoms with Crippen molar-refractivity contribution in [3.05, 3.63) is 88.7 Å². The molecule has 5 nitrogen and oxygen atoms in total. The molecule has 0 aliphatic carbocycles. The Labute approximate surface area is 178 Å². The number of carbonyl (C=O) groups excluding carboxylic acids is 1. The van der Waals surface area contributed by atoms with Crippen LogP contribution in [0.2, 0.25) is 0 Å². The topological polar surface area (TPSA) is 60.5 Å². The summed E-state index contributed by atoms with van der Waals surface area (Å²) in [6, 6.07) is 22.1. The highest BCUT2D eigenvalue weighted by atomic mass is 32.1. The molecule has 150 valence electrons. The molecule has 1 aromatic heterocycles. The number of aromatic nitrogens is 1. The molecule has 1 N–H and O–H groups in total. The fourth-order valence-corrected chi connectivity index (χ4v) is 3.55. The minimum absolute atomic E-state index is 0.172. The molecule has 4 rings (SSSR count). The van der Waals surface area contributed by atoms with Gasteiger partial charge >= 0.3 is 0 Å². The van der Waals surface area contributed by atoms with Gasteiger partial charge in [0.05, 0.1) is 17.8 Å². The first-order valence-corrected chi connectivity index (χ1v) is 10.3. The van der Waals surface area contributed by atoms with Gasteiger partial charge in [-0.25, -0.2) is 4.98 Å². The van der Waals surface area contributed by atoms with E-state index >= 15 is 0 Å². The van der Waals surface area contributed by atoms with Gasteiger partial charge in [0.2, 0.25) is 0 Å². The van der Waals surface area contributed by atoms with Crippen LogP contribution >= 0.6 is 11.3 Å². The van der Waals surface area contributed by atoms with Crippen molar-refractivity contribution in [2.24, 2.45) is 0 Å². The molecular weight excluding hydrogens is 396 g/mol. The lowest BCUT2D eigenvalue weighted by Crippen LogP contribution is -2.11. The summed E-state index contributed by atoms with van der Waals surface area (Å²) in [7, 11) is 1.60. The van der Waals surface area contributed by atoms with Crippen LogP contribution in [0.3, 0.4) is 0 Å². The fourth-order valence-electron chi connectivity index (χ4n) is 2.93. The maximum Gasteiger partial charge on any atom is 0.255 e. The number of methoxy groups -OCH3 is 1. The fraction of sp³-hybridized carbons (Fsp3) is 0.0833. The third-order valence-electron chi connectivity index (χ3n) is 4.47. The van der Waals surface area contributed by atoms with Gasteiger partial charge in [-0.2, -0.15) is 0 Å². The zero-order chi connectivity index (χ0) is 20.9. The van der Waals surface area contributed by atoms with E-state index in [4.69, 9.17) is 9.47 Å². The van der Waals surface area contributed by atoms with E-state index in [2.05, 4.69) is 10.3 Å². The van der Waals surface area contributed by atoms with E-state index in [0.29, 0.717) is 28.5 Å². The maximum absolute atomic E-state index is 12.6. The Morgan fingerprint density at radius 1 is 0.933 bits per heavy atom. The van der Waals surface area contributed by atoms with E-state index in [1.807, 2.05) is 48.7 Å². The van der Waals surface area contributed by atoms with Crippen molar-refractivity contribution in [3.8, 4) is 28.5 Å². The van der Waals surface area contributed by atoms with Crippen LogP contribution in [0.15, 0.2) is 78.2 Å². The maximum atomic E-state index is 12.6. The monoisotopic (exact) mass is 416 g/mol. The molecule has 0 saturated heterocycles. The number of aryl methyl sites for hydroxylation is 1. The Balaban J connectivity index is 1.41. The molecule has 1 heterocycles. The first-order chi connectivity index (χ1) is 14.6. The number of para-hydroxylation sites is 2. The number of benzene rings is 3. The number of nitrogens with one attached hydrogen (secondary N) is 1. The lowest BCUT2D eigenvalue weighted by Gasteiger charge is -2.11. The number of amides is 1. The van der Waals surface area contributed by atoms with Gasteiger partial charge in [-0.3, -0.25) is 4.79 Å². The number of carbonyl (C=O) groups is 1. The largest absolute Gasteiger partial charge is 0.493 e. The van der Waals surface area contributed by atoms with E-state index in [9.17, 15) is 4.79 Å². The summed E-state index contributed by atoms with van der Waals surface area (Å²) in [6.45, 7) is 1.97. The van der Waals surface area contributed by atoms with Crippen LogP contribution in [0.1, 0.15) is 15.4 Å². The molecule has 0 aliphatic rings. The zero-order valence-corrected chi connectivity index (χ0v) is 17.4. The Hall–Kier alpha value is -3.64. The van der Waals surface area contributed by atoms with Crippen LogP contribution in [-0.4, -0.2) is 18.0 Å². The van der Waals surface area contributed by atoms with Gasteiger partial charge in [0.15, 0.2) is 11.5 Å². The summed E-state index contributed by atoms with van der Waals surface area (Å²) < 4.78 is 11.2. The summed E-state index contributed by atoms with van der Waals surface area (Å²) in [5, 5.41) is 5.93. The average molecular weight is 417 g/mol. The summed E-state index contributed by atoms with van der Waals surface area (Å²) in [4.78, 5) is 17.0. The van der Waals surface area contributed by atoms with Crippen LogP contribution in [0.4, 0.5) is 5.69 Å². The average Bonchev–Trinajstić information content (AvgIpc) is 3.22. The van der Waals surface area contributed by atoms with Crippen molar-refractivity contribution >= 4 is 22.9 Å². The third-order valence-corrected chi connectivity index (χ3v) is 5.24. The number of hydrogen-bond acceptors (Lipinski definition) is 5. The number of anilines is 1. The molecular formula is C24H20N2O3S. The number of thiazole rings is 1. The van der Waals surface area contributed by atoms with E-state index in [1.54, 1.807) is 54.8 Å². The van der Waals surface area contributed by atoms with Gasteiger partial charge in [-0.15, -0.1) is 11.3 Å². The van der Waals surface area contributed by atoms with Crippen LogP contribution in [0.5, 0.6) is 17.2 Å². The van der Waals surface area contributed by atoms with Crippen molar-refractivity contribution in [1.29, 1.82) is 0 Å². The lowest BCUT2D eigenvalue weighted by molar-refractivity contribution is 0.102. The predicted octanol–water partition coefficient (Wildman–Crippen LogP) is 6.17. The Bertz CT molecular complexity index is 1150. The first-order valence-electron chi connectivity index (χ1n) is 9.37. The molecule has 0 spiro atoms. The highest BCUT2D eigenvalue weighted by molar-refractivity contribution is 7.09. The molecule has 3 aromatic carbocycles.